The van der Waals surface area contributed by atoms with Crippen LogP contribution in [-0.4, -0.2) is 41.5 Å². The largest absolute Gasteiger partial charge is 0.339 e. The third kappa shape index (κ3) is 4.95. The van der Waals surface area contributed by atoms with Crippen molar-refractivity contribution in [2.75, 3.05) is 25.0 Å². The van der Waals surface area contributed by atoms with Crippen molar-refractivity contribution >= 4 is 29.2 Å². The first-order valence-electron chi connectivity index (χ1n) is 8.61. The first-order valence-corrected chi connectivity index (χ1v) is 8.99. The fourth-order valence-electron chi connectivity index (χ4n) is 3.00. The molecule has 6 nitrogen and oxygen atoms in total. The highest BCUT2D eigenvalue weighted by Gasteiger charge is 2.23. The van der Waals surface area contributed by atoms with E-state index in [0.29, 0.717) is 41.8 Å². The Morgan fingerprint density at radius 1 is 1.15 bits per heavy atom. The first-order chi connectivity index (χ1) is 12.6. The van der Waals surface area contributed by atoms with Gasteiger partial charge in [-0.05, 0) is 49.1 Å². The molecule has 1 fully saturated rings. The van der Waals surface area contributed by atoms with Crippen LogP contribution in [0.2, 0.25) is 5.02 Å². The lowest BCUT2D eigenvalue weighted by Crippen LogP contribution is -2.42. The van der Waals surface area contributed by atoms with E-state index in [1.165, 1.54) is 0 Å². The molecule has 0 spiro atoms. The first kappa shape index (κ1) is 18.2. The van der Waals surface area contributed by atoms with Crippen molar-refractivity contribution < 1.29 is 9.59 Å². The SMILES string of the molecule is O=C(NCC1CCN(C(=O)c2ccncc2)CC1)Nc1cccc(Cl)c1. The Kier molecular flexibility index (Phi) is 6.07. The zero-order valence-electron chi connectivity index (χ0n) is 14.3. The number of hydrogen-bond acceptors (Lipinski definition) is 3. The molecule has 0 unspecified atom stereocenters. The molecule has 3 rings (SSSR count). The minimum absolute atomic E-state index is 0.0394. The smallest absolute Gasteiger partial charge is 0.319 e. The molecule has 0 saturated carbocycles. The summed E-state index contributed by atoms with van der Waals surface area (Å²) >= 11 is 5.90. The van der Waals surface area contributed by atoms with Crippen LogP contribution in [0.1, 0.15) is 23.2 Å². The van der Waals surface area contributed by atoms with Gasteiger partial charge in [-0.1, -0.05) is 17.7 Å². The fourth-order valence-corrected chi connectivity index (χ4v) is 3.19. The predicted molar refractivity (Wildman–Crippen MR) is 101 cm³/mol. The van der Waals surface area contributed by atoms with Crippen LogP contribution in [0, 0.1) is 5.92 Å². The van der Waals surface area contributed by atoms with E-state index in [4.69, 9.17) is 11.6 Å². The number of amides is 3. The van der Waals surface area contributed by atoms with E-state index in [1.807, 2.05) is 4.90 Å². The molecule has 2 N–H and O–H groups in total. The van der Waals surface area contributed by atoms with Crippen molar-refractivity contribution in [3.05, 3.63) is 59.4 Å². The molecule has 136 valence electrons. The fraction of sp³-hybridized carbons (Fsp3) is 0.316. The van der Waals surface area contributed by atoms with Crippen LogP contribution >= 0.6 is 11.6 Å². The molecule has 1 aliphatic rings. The normalized spacial score (nSPS) is 14.7. The highest BCUT2D eigenvalue weighted by atomic mass is 35.5. The third-order valence-corrected chi connectivity index (χ3v) is 4.70. The molecule has 0 atom stereocenters. The van der Waals surface area contributed by atoms with Gasteiger partial charge in [-0.3, -0.25) is 9.78 Å². The maximum absolute atomic E-state index is 12.4. The van der Waals surface area contributed by atoms with E-state index >= 15 is 0 Å². The summed E-state index contributed by atoms with van der Waals surface area (Å²) in [6.07, 6.45) is 4.99. The van der Waals surface area contributed by atoms with Gasteiger partial charge in [0.15, 0.2) is 0 Å². The minimum Gasteiger partial charge on any atom is -0.339 e. The minimum atomic E-state index is -0.248. The molecule has 26 heavy (non-hydrogen) atoms. The lowest BCUT2D eigenvalue weighted by molar-refractivity contribution is 0.0690. The predicted octanol–water partition coefficient (Wildman–Crippen LogP) is 3.41. The van der Waals surface area contributed by atoms with Crippen LogP contribution in [0.5, 0.6) is 0 Å². The van der Waals surface area contributed by atoms with Crippen molar-refractivity contribution in [2.24, 2.45) is 5.92 Å². The van der Waals surface area contributed by atoms with Crippen LogP contribution in [0.15, 0.2) is 48.8 Å². The molecule has 2 aromatic rings. The second-order valence-electron chi connectivity index (χ2n) is 6.32. The molecule has 1 aromatic carbocycles. The second kappa shape index (κ2) is 8.67. The average Bonchev–Trinajstić information content (AvgIpc) is 2.67. The number of hydrogen-bond donors (Lipinski definition) is 2. The standard InChI is InChI=1S/C19H21ClN4O2/c20-16-2-1-3-17(12-16)23-19(26)22-13-14-6-10-24(11-7-14)18(25)15-4-8-21-9-5-15/h1-5,8-9,12,14H,6-7,10-11,13H2,(H2,22,23,26). The van der Waals surface area contributed by atoms with E-state index in [-0.39, 0.29) is 11.9 Å². The van der Waals surface area contributed by atoms with Crippen molar-refractivity contribution in [3.63, 3.8) is 0 Å². The molecule has 1 saturated heterocycles. The molecule has 0 bridgehead atoms. The van der Waals surface area contributed by atoms with E-state index in [9.17, 15) is 9.59 Å². The number of urea groups is 1. The molecule has 7 heteroatoms. The Balaban J connectivity index is 1.41. The van der Waals surface area contributed by atoms with Crippen LogP contribution in [0.25, 0.3) is 0 Å². The van der Waals surface area contributed by atoms with E-state index in [1.54, 1.807) is 48.8 Å². The molecule has 1 aromatic heterocycles. The highest BCUT2D eigenvalue weighted by molar-refractivity contribution is 6.30. The number of halogens is 1. The van der Waals surface area contributed by atoms with Crippen molar-refractivity contribution in [3.8, 4) is 0 Å². The molecule has 3 amide bonds. The zero-order chi connectivity index (χ0) is 18.4. The maximum atomic E-state index is 12.4. The van der Waals surface area contributed by atoms with Gasteiger partial charge in [-0.2, -0.15) is 0 Å². The van der Waals surface area contributed by atoms with Crippen molar-refractivity contribution in [1.82, 2.24) is 15.2 Å². The monoisotopic (exact) mass is 372 g/mol. The van der Waals surface area contributed by atoms with Gasteiger partial charge in [0.2, 0.25) is 0 Å². The number of anilines is 1. The number of carbonyl (C=O) groups excluding carboxylic acids is 2. The van der Waals surface area contributed by atoms with Gasteiger partial charge in [-0.15, -0.1) is 0 Å². The van der Waals surface area contributed by atoms with Crippen molar-refractivity contribution in [2.45, 2.75) is 12.8 Å². The summed E-state index contributed by atoms with van der Waals surface area (Å²) in [5.74, 6) is 0.402. The Morgan fingerprint density at radius 3 is 2.58 bits per heavy atom. The van der Waals surface area contributed by atoms with Gasteiger partial charge in [-0.25, -0.2) is 4.79 Å². The van der Waals surface area contributed by atoms with Crippen LogP contribution in [0.4, 0.5) is 10.5 Å². The van der Waals surface area contributed by atoms with Gasteiger partial charge in [0.1, 0.15) is 0 Å². The highest BCUT2D eigenvalue weighted by Crippen LogP contribution is 2.19. The summed E-state index contributed by atoms with van der Waals surface area (Å²) in [4.78, 5) is 30.2. The number of benzene rings is 1. The van der Waals surface area contributed by atoms with Gasteiger partial charge in [0.05, 0.1) is 0 Å². The molecular formula is C19H21ClN4O2. The van der Waals surface area contributed by atoms with Crippen LogP contribution in [0.3, 0.4) is 0 Å². The van der Waals surface area contributed by atoms with Gasteiger partial charge in [0, 0.05) is 48.3 Å². The second-order valence-corrected chi connectivity index (χ2v) is 6.75. The average molecular weight is 373 g/mol. The number of rotatable bonds is 4. The summed E-state index contributed by atoms with van der Waals surface area (Å²) in [5.41, 5.74) is 1.32. The van der Waals surface area contributed by atoms with E-state index in [2.05, 4.69) is 15.6 Å². The maximum Gasteiger partial charge on any atom is 0.319 e. The molecular weight excluding hydrogens is 352 g/mol. The summed E-state index contributed by atoms with van der Waals surface area (Å²) in [5, 5.41) is 6.23. The quantitative estimate of drug-likeness (QED) is 0.863. The van der Waals surface area contributed by atoms with E-state index < -0.39 is 0 Å². The Labute approximate surface area is 157 Å². The number of piperidine rings is 1. The Hall–Kier alpha value is -2.60. The number of pyridine rings is 1. The number of carbonyl (C=O) groups is 2. The van der Waals surface area contributed by atoms with Gasteiger partial charge >= 0.3 is 6.03 Å². The number of likely N-dealkylation sites (tertiary alicyclic amines) is 1. The number of nitrogens with one attached hydrogen (secondary N) is 2. The van der Waals surface area contributed by atoms with Gasteiger partial charge in [0.25, 0.3) is 5.91 Å². The summed E-state index contributed by atoms with van der Waals surface area (Å²) in [6.45, 7) is 1.98. The molecule has 0 radical (unpaired) electrons. The van der Waals surface area contributed by atoms with E-state index in [0.717, 1.165) is 12.8 Å². The summed E-state index contributed by atoms with van der Waals surface area (Å²) in [7, 11) is 0. The van der Waals surface area contributed by atoms with Crippen LogP contribution < -0.4 is 10.6 Å². The summed E-state index contributed by atoms with van der Waals surface area (Å²) < 4.78 is 0. The lowest BCUT2D eigenvalue weighted by atomic mass is 9.96. The zero-order valence-corrected chi connectivity index (χ0v) is 15.1. The lowest BCUT2D eigenvalue weighted by Gasteiger charge is -2.32. The summed E-state index contributed by atoms with van der Waals surface area (Å²) in [6, 6.07) is 10.2. The molecule has 0 aliphatic carbocycles. The van der Waals surface area contributed by atoms with Crippen molar-refractivity contribution in [1.29, 1.82) is 0 Å². The Bertz CT molecular complexity index is 761. The van der Waals surface area contributed by atoms with Crippen LogP contribution in [-0.2, 0) is 0 Å². The molecule has 1 aliphatic heterocycles. The third-order valence-electron chi connectivity index (χ3n) is 4.46. The molecule has 2 heterocycles. The topological polar surface area (TPSA) is 74.3 Å². The Morgan fingerprint density at radius 2 is 1.88 bits per heavy atom. The number of nitrogens with zero attached hydrogens (tertiary/aromatic N) is 2. The number of aromatic nitrogens is 1. The van der Waals surface area contributed by atoms with Gasteiger partial charge < -0.3 is 15.5 Å².